The minimum absolute atomic E-state index is 0.0000926. The molecule has 1 unspecified atom stereocenters. The minimum atomic E-state index is 0.0000926. The lowest BCUT2D eigenvalue weighted by Gasteiger charge is -2.08. The van der Waals surface area contributed by atoms with E-state index in [-0.39, 0.29) is 11.7 Å². The van der Waals surface area contributed by atoms with Gasteiger partial charge in [0.05, 0.1) is 11.8 Å². The molecule has 1 aromatic rings. The molecule has 2 heteroatoms. The van der Waals surface area contributed by atoms with E-state index in [0.29, 0.717) is 11.3 Å². The Balaban J connectivity index is 2.57. The second-order valence-electron chi connectivity index (χ2n) is 2.71. The predicted octanol–water partition coefficient (Wildman–Crippen LogP) is 2.13. The van der Waals surface area contributed by atoms with Gasteiger partial charge in [0.2, 0.25) is 0 Å². The average Bonchev–Trinajstić information content (AvgIpc) is 2.45. The first kappa shape index (κ1) is 6.40. The van der Waals surface area contributed by atoms with E-state index in [2.05, 4.69) is 0 Å². The zero-order valence-electron chi connectivity index (χ0n) is 6.20. The molecule has 1 aliphatic rings. The number of hydrogen-bond donors (Lipinski definition) is 0. The first-order valence-corrected chi connectivity index (χ1v) is 3.59. The summed E-state index contributed by atoms with van der Waals surface area (Å²) in [7, 11) is 0. The highest BCUT2D eigenvalue weighted by atomic mass is 16.3. The van der Waals surface area contributed by atoms with Gasteiger partial charge in [0.15, 0.2) is 5.78 Å². The Morgan fingerprint density at radius 2 is 2.36 bits per heavy atom. The standard InChI is InChI=1S/C9H8O2/c1-6-2-3-8-7(9(6)10)4-5-11-8/h2-6H,1H3. The molecule has 0 N–H and O–H groups in total. The summed E-state index contributed by atoms with van der Waals surface area (Å²) >= 11 is 0. The number of hydrogen-bond acceptors (Lipinski definition) is 2. The van der Waals surface area contributed by atoms with Crippen molar-refractivity contribution in [1.29, 1.82) is 0 Å². The molecule has 0 saturated heterocycles. The summed E-state index contributed by atoms with van der Waals surface area (Å²) in [5.41, 5.74) is 0.708. The van der Waals surface area contributed by atoms with E-state index in [1.54, 1.807) is 12.3 Å². The molecule has 56 valence electrons. The summed E-state index contributed by atoms with van der Waals surface area (Å²) in [6, 6.07) is 1.72. The highest BCUT2D eigenvalue weighted by Gasteiger charge is 2.21. The molecule has 0 saturated carbocycles. The Morgan fingerprint density at radius 3 is 3.18 bits per heavy atom. The van der Waals surface area contributed by atoms with Crippen molar-refractivity contribution in [3.63, 3.8) is 0 Å². The molecule has 0 radical (unpaired) electrons. The third-order valence-corrected chi connectivity index (χ3v) is 1.91. The molecule has 0 amide bonds. The number of fused-ring (bicyclic) bond motifs is 1. The molecule has 1 aliphatic carbocycles. The second-order valence-corrected chi connectivity index (χ2v) is 2.71. The number of furan rings is 1. The fourth-order valence-corrected chi connectivity index (χ4v) is 1.22. The molecule has 0 bridgehead atoms. The summed E-state index contributed by atoms with van der Waals surface area (Å²) in [6.45, 7) is 1.88. The lowest BCUT2D eigenvalue weighted by Crippen LogP contribution is -2.11. The van der Waals surface area contributed by atoms with Gasteiger partial charge in [-0.05, 0) is 12.1 Å². The van der Waals surface area contributed by atoms with Gasteiger partial charge in [0.1, 0.15) is 5.76 Å². The molecule has 2 nitrogen and oxygen atoms in total. The highest BCUT2D eigenvalue weighted by molar-refractivity contribution is 6.03. The van der Waals surface area contributed by atoms with Crippen LogP contribution < -0.4 is 0 Å². The first-order chi connectivity index (χ1) is 5.29. The first-order valence-electron chi connectivity index (χ1n) is 3.59. The summed E-state index contributed by atoms with van der Waals surface area (Å²) in [5.74, 6) is 0.837. The Bertz CT molecular complexity index is 320. The van der Waals surface area contributed by atoms with Gasteiger partial charge < -0.3 is 4.42 Å². The van der Waals surface area contributed by atoms with Gasteiger partial charge in [-0.25, -0.2) is 0 Å². The lowest BCUT2D eigenvalue weighted by molar-refractivity contribution is 0.0950. The molecule has 0 aromatic carbocycles. The van der Waals surface area contributed by atoms with Crippen molar-refractivity contribution in [2.24, 2.45) is 5.92 Å². The van der Waals surface area contributed by atoms with Crippen molar-refractivity contribution >= 4 is 11.9 Å². The van der Waals surface area contributed by atoms with Crippen LogP contribution in [0.2, 0.25) is 0 Å². The molecule has 1 atom stereocenters. The summed E-state index contributed by atoms with van der Waals surface area (Å²) in [5, 5.41) is 0. The lowest BCUT2D eigenvalue weighted by atomic mass is 9.94. The number of ketones is 1. The smallest absolute Gasteiger partial charge is 0.173 e. The maximum Gasteiger partial charge on any atom is 0.173 e. The van der Waals surface area contributed by atoms with Crippen LogP contribution in [0.1, 0.15) is 23.0 Å². The van der Waals surface area contributed by atoms with Gasteiger partial charge in [0.25, 0.3) is 0 Å². The maximum absolute atomic E-state index is 11.4. The van der Waals surface area contributed by atoms with E-state index in [4.69, 9.17) is 4.42 Å². The molecule has 0 spiro atoms. The van der Waals surface area contributed by atoms with Gasteiger partial charge in [-0.15, -0.1) is 0 Å². The third-order valence-electron chi connectivity index (χ3n) is 1.91. The minimum Gasteiger partial charge on any atom is -0.464 e. The molecular weight excluding hydrogens is 140 g/mol. The van der Waals surface area contributed by atoms with Crippen LogP contribution in [-0.4, -0.2) is 5.78 Å². The Kier molecular flexibility index (Phi) is 1.22. The predicted molar refractivity (Wildman–Crippen MR) is 41.2 cm³/mol. The molecular formula is C9H8O2. The number of rotatable bonds is 0. The molecule has 0 aliphatic heterocycles. The van der Waals surface area contributed by atoms with Crippen LogP contribution in [0.4, 0.5) is 0 Å². The van der Waals surface area contributed by atoms with Gasteiger partial charge in [-0.3, -0.25) is 4.79 Å². The van der Waals surface area contributed by atoms with E-state index in [9.17, 15) is 4.79 Å². The van der Waals surface area contributed by atoms with E-state index in [1.807, 2.05) is 19.1 Å². The normalized spacial score (nSPS) is 21.9. The Labute approximate surface area is 64.5 Å². The monoisotopic (exact) mass is 148 g/mol. The van der Waals surface area contributed by atoms with Crippen molar-refractivity contribution in [3.05, 3.63) is 29.7 Å². The highest BCUT2D eigenvalue weighted by Crippen LogP contribution is 2.22. The van der Waals surface area contributed by atoms with Crippen molar-refractivity contribution in [2.75, 3.05) is 0 Å². The number of carbonyl (C=O) groups excluding carboxylic acids is 1. The fraction of sp³-hybridized carbons (Fsp3) is 0.222. The summed E-state index contributed by atoms with van der Waals surface area (Å²) in [6.07, 6.45) is 5.25. The van der Waals surface area contributed by atoms with Crippen LogP contribution in [-0.2, 0) is 0 Å². The van der Waals surface area contributed by atoms with E-state index in [1.165, 1.54) is 0 Å². The maximum atomic E-state index is 11.4. The van der Waals surface area contributed by atoms with E-state index < -0.39 is 0 Å². The number of Topliss-reactive ketones (excluding diaryl/α,β-unsaturated/α-hetero) is 1. The zero-order valence-corrected chi connectivity index (χ0v) is 6.20. The van der Waals surface area contributed by atoms with Crippen LogP contribution >= 0.6 is 0 Å². The molecule has 11 heavy (non-hydrogen) atoms. The SMILES string of the molecule is CC1C=Cc2occc2C1=O. The Hall–Kier alpha value is -1.31. The average molecular weight is 148 g/mol. The van der Waals surface area contributed by atoms with Crippen molar-refractivity contribution < 1.29 is 9.21 Å². The molecule has 1 heterocycles. The van der Waals surface area contributed by atoms with Gasteiger partial charge in [0, 0.05) is 5.92 Å². The fourth-order valence-electron chi connectivity index (χ4n) is 1.22. The third kappa shape index (κ3) is 0.827. The van der Waals surface area contributed by atoms with Crippen molar-refractivity contribution in [1.82, 2.24) is 0 Å². The van der Waals surface area contributed by atoms with Crippen molar-refractivity contribution in [2.45, 2.75) is 6.92 Å². The summed E-state index contributed by atoms with van der Waals surface area (Å²) in [4.78, 5) is 11.4. The van der Waals surface area contributed by atoms with E-state index in [0.717, 1.165) is 0 Å². The zero-order chi connectivity index (χ0) is 7.84. The van der Waals surface area contributed by atoms with Gasteiger partial charge in [-0.1, -0.05) is 13.0 Å². The number of carbonyl (C=O) groups is 1. The van der Waals surface area contributed by atoms with Crippen LogP contribution in [0.25, 0.3) is 6.08 Å². The van der Waals surface area contributed by atoms with Crippen LogP contribution in [0.15, 0.2) is 22.8 Å². The van der Waals surface area contributed by atoms with Crippen molar-refractivity contribution in [3.8, 4) is 0 Å². The van der Waals surface area contributed by atoms with Gasteiger partial charge in [-0.2, -0.15) is 0 Å². The van der Waals surface area contributed by atoms with Crippen LogP contribution in [0, 0.1) is 5.92 Å². The molecule has 0 fully saturated rings. The topological polar surface area (TPSA) is 30.2 Å². The number of allylic oxidation sites excluding steroid dienone is 1. The van der Waals surface area contributed by atoms with Gasteiger partial charge >= 0.3 is 0 Å². The Morgan fingerprint density at radius 1 is 1.55 bits per heavy atom. The van der Waals surface area contributed by atoms with Crippen LogP contribution in [0.3, 0.4) is 0 Å². The van der Waals surface area contributed by atoms with E-state index >= 15 is 0 Å². The van der Waals surface area contributed by atoms with Crippen LogP contribution in [0.5, 0.6) is 0 Å². The largest absolute Gasteiger partial charge is 0.464 e. The molecule has 2 rings (SSSR count). The second kappa shape index (κ2) is 2.09. The summed E-state index contributed by atoms with van der Waals surface area (Å²) < 4.78 is 5.07. The quantitative estimate of drug-likeness (QED) is 0.564. The molecule has 1 aromatic heterocycles.